The van der Waals surface area contributed by atoms with Gasteiger partial charge in [0.2, 0.25) is 0 Å². The normalized spacial score (nSPS) is 12.1. The second-order valence-corrected chi connectivity index (χ2v) is 4.39. The van der Waals surface area contributed by atoms with Crippen LogP contribution in [0.2, 0.25) is 0 Å². The van der Waals surface area contributed by atoms with Gasteiger partial charge in [0.15, 0.2) is 0 Å². The summed E-state index contributed by atoms with van der Waals surface area (Å²) in [5.74, 6) is 0.108. The quantitative estimate of drug-likeness (QED) is 0.726. The van der Waals surface area contributed by atoms with Gasteiger partial charge in [-0.05, 0) is 37.5 Å². The molecule has 1 aromatic rings. The predicted octanol–water partition coefficient (Wildman–Crippen LogP) is 1.87. The van der Waals surface area contributed by atoms with Gasteiger partial charge in [-0.15, -0.1) is 0 Å². The Morgan fingerprint density at radius 2 is 2.06 bits per heavy atom. The number of ether oxygens (including phenoxy) is 1. The Labute approximate surface area is 108 Å². The first-order valence-corrected chi connectivity index (χ1v) is 6.20. The molecular formula is C14H21NO3. The van der Waals surface area contributed by atoms with Gasteiger partial charge in [0.25, 0.3) is 0 Å². The van der Waals surface area contributed by atoms with Gasteiger partial charge in [-0.2, -0.15) is 0 Å². The Kier molecular flexibility index (Phi) is 6.22. The lowest BCUT2D eigenvalue weighted by Crippen LogP contribution is -2.29. The smallest absolute Gasteiger partial charge is 0.306 e. The van der Waals surface area contributed by atoms with Crippen molar-refractivity contribution in [3.63, 3.8) is 0 Å². The van der Waals surface area contributed by atoms with E-state index in [4.69, 9.17) is 5.11 Å². The largest absolute Gasteiger partial charge is 0.508 e. The van der Waals surface area contributed by atoms with Crippen molar-refractivity contribution in [3.05, 3.63) is 29.8 Å². The molecule has 0 aliphatic rings. The third-order valence-corrected chi connectivity index (χ3v) is 2.85. The zero-order valence-electron chi connectivity index (χ0n) is 11.0. The minimum absolute atomic E-state index is 0.187. The summed E-state index contributed by atoms with van der Waals surface area (Å²) < 4.78 is 4.57. The van der Waals surface area contributed by atoms with Crippen LogP contribution in [0.3, 0.4) is 0 Å². The summed E-state index contributed by atoms with van der Waals surface area (Å²) in [6, 6.07) is 7.60. The first kappa shape index (κ1) is 14.5. The molecule has 0 amide bonds. The van der Waals surface area contributed by atoms with Crippen molar-refractivity contribution in [2.75, 3.05) is 13.7 Å². The lowest BCUT2D eigenvalue weighted by Gasteiger charge is -2.13. The SMILES string of the molecule is COC(=O)CCNC(C)CCc1ccc(O)cc1. The molecule has 0 saturated carbocycles. The lowest BCUT2D eigenvalue weighted by molar-refractivity contribution is -0.140. The molecule has 1 atom stereocenters. The Hall–Kier alpha value is -1.55. The Balaban J connectivity index is 2.18. The molecule has 1 aromatic carbocycles. The molecule has 100 valence electrons. The van der Waals surface area contributed by atoms with Gasteiger partial charge < -0.3 is 15.2 Å². The maximum absolute atomic E-state index is 10.9. The van der Waals surface area contributed by atoms with Crippen molar-refractivity contribution in [1.82, 2.24) is 5.32 Å². The number of carbonyl (C=O) groups excluding carboxylic acids is 1. The van der Waals surface area contributed by atoms with Crippen LogP contribution in [0, 0.1) is 0 Å². The molecule has 18 heavy (non-hydrogen) atoms. The van der Waals surface area contributed by atoms with E-state index in [1.807, 2.05) is 12.1 Å². The fourth-order valence-corrected chi connectivity index (χ4v) is 1.67. The van der Waals surface area contributed by atoms with E-state index in [-0.39, 0.29) is 5.97 Å². The summed E-state index contributed by atoms with van der Waals surface area (Å²) in [7, 11) is 1.40. The second-order valence-electron chi connectivity index (χ2n) is 4.39. The van der Waals surface area contributed by atoms with Crippen LogP contribution in [-0.2, 0) is 16.0 Å². The summed E-state index contributed by atoms with van der Waals surface area (Å²) in [4.78, 5) is 10.9. The van der Waals surface area contributed by atoms with E-state index in [2.05, 4.69) is 17.0 Å². The number of benzene rings is 1. The fourth-order valence-electron chi connectivity index (χ4n) is 1.67. The highest BCUT2D eigenvalue weighted by Crippen LogP contribution is 2.11. The number of nitrogens with one attached hydrogen (secondary N) is 1. The van der Waals surface area contributed by atoms with Gasteiger partial charge in [-0.1, -0.05) is 12.1 Å². The number of phenolic OH excluding ortho intramolecular Hbond substituents is 1. The average molecular weight is 251 g/mol. The van der Waals surface area contributed by atoms with Crippen molar-refractivity contribution in [2.45, 2.75) is 32.2 Å². The topological polar surface area (TPSA) is 58.6 Å². The summed E-state index contributed by atoms with van der Waals surface area (Å²) in [6.45, 7) is 2.74. The van der Waals surface area contributed by atoms with E-state index in [9.17, 15) is 4.79 Å². The van der Waals surface area contributed by atoms with Gasteiger partial charge in [0.1, 0.15) is 5.75 Å². The number of aromatic hydroxyl groups is 1. The van der Waals surface area contributed by atoms with E-state index >= 15 is 0 Å². The highest BCUT2D eigenvalue weighted by atomic mass is 16.5. The molecule has 0 radical (unpaired) electrons. The molecule has 4 nitrogen and oxygen atoms in total. The van der Waals surface area contributed by atoms with Crippen molar-refractivity contribution in [3.8, 4) is 5.75 Å². The average Bonchev–Trinajstić information content (AvgIpc) is 2.38. The number of carbonyl (C=O) groups is 1. The molecule has 0 aliphatic heterocycles. The molecule has 0 fully saturated rings. The number of methoxy groups -OCH3 is 1. The maximum atomic E-state index is 10.9. The second kappa shape index (κ2) is 7.71. The fraction of sp³-hybridized carbons (Fsp3) is 0.500. The molecule has 1 unspecified atom stereocenters. The van der Waals surface area contributed by atoms with Crippen molar-refractivity contribution < 1.29 is 14.6 Å². The summed E-state index contributed by atoms with van der Waals surface area (Å²) >= 11 is 0. The van der Waals surface area contributed by atoms with Gasteiger partial charge in [0.05, 0.1) is 13.5 Å². The third kappa shape index (κ3) is 5.68. The van der Waals surface area contributed by atoms with Crippen LogP contribution < -0.4 is 5.32 Å². The van der Waals surface area contributed by atoms with Crippen molar-refractivity contribution >= 4 is 5.97 Å². The molecule has 0 bridgehead atoms. The summed E-state index contributed by atoms with van der Waals surface area (Å²) in [6.07, 6.45) is 2.35. The molecule has 4 heteroatoms. The monoisotopic (exact) mass is 251 g/mol. The number of hydrogen-bond acceptors (Lipinski definition) is 4. The summed E-state index contributed by atoms with van der Waals surface area (Å²) in [5.41, 5.74) is 1.20. The van der Waals surface area contributed by atoms with Gasteiger partial charge in [0, 0.05) is 12.6 Å². The van der Waals surface area contributed by atoms with E-state index < -0.39 is 0 Å². The van der Waals surface area contributed by atoms with E-state index in [0.29, 0.717) is 24.8 Å². The Morgan fingerprint density at radius 3 is 2.67 bits per heavy atom. The van der Waals surface area contributed by atoms with Gasteiger partial charge in [-0.25, -0.2) is 0 Å². The molecule has 0 aromatic heterocycles. The zero-order chi connectivity index (χ0) is 13.4. The molecule has 1 rings (SSSR count). The Bertz CT molecular complexity index is 362. The summed E-state index contributed by atoms with van der Waals surface area (Å²) in [5, 5.41) is 12.4. The molecule has 0 saturated heterocycles. The number of esters is 1. The molecule has 2 N–H and O–H groups in total. The van der Waals surface area contributed by atoms with Gasteiger partial charge in [-0.3, -0.25) is 4.79 Å². The van der Waals surface area contributed by atoms with Crippen LogP contribution in [0.1, 0.15) is 25.3 Å². The first-order chi connectivity index (χ1) is 8.61. The molecule has 0 aliphatic carbocycles. The minimum atomic E-state index is -0.187. The minimum Gasteiger partial charge on any atom is -0.508 e. The van der Waals surface area contributed by atoms with Gasteiger partial charge >= 0.3 is 5.97 Å². The van der Waals surface area contributed by atoms with Crippen LogP contribution in [0.4, 0.5) is 0 Å². The predicted molar refractivity (Wildman–Crippen MR) is 70.5 cm³/mol. The molecular weight excluding hydrogens is 230 g/mol. The van der Waals surface area contributed by atoms with Crippen LogP contribution >= 0.6 is 0 Å². The van der Waals surface area contributed by atoms with E-state index in [1.165, 1.54) is 12.7 Å². The highest BCUT2D eigenvalue weighted by Gasteiger charge is 2.04. The van der Waals surface area contributed by atoms with E-state index in [0.717, 1.165) is 12.8 Å². The lowest BCUT2D eigenvalue weighted by atomic mass is 10.1. The zero-order valence-corrected chi connectivity index (χ0v) is 11.0. The highest BCUT2D eigenvalue weighted by molar-refractivity contribution is 5.69. The van der Waals surface area contributed by atoms with Crippen LogP contribution in [0.5, 0.6) is 5.75 Å². The van der Waals surface area contributed by atoms with E-state index in [1.54, 1.807) is 12.1 Å². The number of hydrogen-bond donors (Lipinski definition) is 2. The first-order valence-electron chi connectivity index (χ1n) is 6.20. The number of rotatable bonds is 7. The Morgan fingerprint density at radius 1 is 1.39 bits per heavy atom. The van der Waals surface area contributed by atoms with Crippen molar-refractivity contribution in [2.24, 2.45) is 0 Å². The third-order valence-electron chi connectivity index (χ3n) is 2.85. The molecule has 0 spiro atoms. The number of phenols is 1. The van der Waals surface area contributed by atoms with Crippen LogP contribution in [-0.4, -0.2) is 30.8 Å². The number of aryl methyl sites for hydroxylation is 1. The van der Waals surface area contributed by atoms with Crippen LogP contribution in [0.15, 0.2) is 24.3 Å². The maximum Gasteiger partial charge on any atom is 0.306 e. The van der Waals surface area contributed by atoms with Crippen molar-refractivity contribution in [1.29, 1.82) is 0 Å². The van der Waals surface area contributed by atoms with Crippen LogP contribution in [0.25, 0.3) is 0 Å². The standard InChI is InChI=1S/C14H21NO3/c1-11(15-10-9-14(17)18-2)3-4-12-5-7-13(16)8-6-12/h5-8,11,15-16H,3-4,9-10H2,1-2H3. The molecule has 0 heterocycles.